The summed E-state index contributed by atoms with van der Waals surface area (Å²) in [6.45, 7) is 3.11. The van der Waals surface area contributed by atoms with Gasteiger partial charge in [-0.3, -0.25) is 4.57 Å². The van der Waals surface area contributed by atoms with Crippen LogP contribution in [-0.4, -0.2) is 10.5 Å². The number of hydrogen-bond acceptors (Lipinski definition) is 1. The second-order valence-electron chi connectivity index (χ2n) is 1.06. The van der Waals surface area contributed by atoms with Crippen molar-refractivity contribution in [3.05, 3.63) is 12.4 Å². The minimum atomic E-state index is -3.12. The Morgan fingerprint density at radius 1 is 2.00 bits per heavy atom. The molecule has 0 saturated heterocycles. The van der Waals surface area contributed by atoms with Crippen molar-refractivity contribution in [3.63, 3.8) is 0 Å². The lowest BCUT2D eigenvalue weighted by Crippen LogP contribution is -1.71. The molecule has 0 aliphatic heterocycles. The minimum absolute atomic E-state index is 0.240. The van der Waals surface area contributed by atoms with Gasteiger partial charge in [-0.1, -0.05) is 6.58 Å². The Bertz CT molecular complexity index is 112. The minimum Gasteiger partial charge on any atom is -0.341 e. The van der Waals surface area contributed by atoms with E-state index in [4.69, 9.17) is 16.5 Å². The van der Waals surface area contributed by atoms with Crippen molar-refractivity contribution in [2.45, 2.75) is 0 Å². The summed E-state index contributed by atoms with van der Waals surface area (Å²) >= 11 is 5.01. The average molecular weight is 141 g/mol. The Hall–Kier alpha value is 0.220. The highest BCUT2D eigenvalue weighted by molar-refractivity contribution is 7.62. The first-order valence-electron chi connectivity index (χ1n) is 1.63. The molecular weight excluding hydrogens is 134 g/mol. The molecule has 0 fully saturated rings. The van der Waals surface area contributed by atoms with Crippen LogP contribution in [0.25, 0.3) is 0 Å². The Labute approximate surface area is 47.3 Å². The highest BCUT2D eigenvalue weighted by Crippen LogP contribution is 2.41. The van der Waals surface area contributed by atoms with Crippen molar-refractivity contribution in [2.24, 2.45) is 0 Å². The molecule has 0 rings (SSSR count). The highest BCUT2D eigenvalue weighted by Gasteiger charge is 2.07. The zero-order chi connectivity index (χ0) is 5.91. The summed E-state index contributed by atoms with van der Waals surface area (Å²) in [4.78, 5) is 8.44. The zero-order valence-electron chi connectivity index (χ0n) is 3.67. The van der Waals surface area contributed by atoms with Crippen LogP contribution in [0, 0.1) is 0 Å². The van der Waals surface area contributed by atoms with Crippen molar-refractivity contribution in [1.29, 1.82) is 0 Å². The molecule has 4 heteroatoms. The molecule has 0 bridgehead atoms. The number of hydrogen-bond donors (Lipinski definition) is 1. The van der Waals surface area contributed by atoms with E-state index in [2.05, 4.69) is 6.58 Å². The summed E-state index contributed by atoms with van der Waals surface area (Å²) in [6.07, 6.45) is 0. The molecule has 0 aromatic carbocycles. The molecule has 0 heterocycles. The van der Waals surface area contributed by atoms with E-state index in [0.29, 0.717) is 0 Å². The van der Waals surface area contributed by atoms with Crippen LogP contribution in [0.2, 0.25) is 0 Å². The third kappa shape index (κ3) is 2.86. The van der Waals surface area contributed by atoms with Gasteiger partial charge in [-0.15, -0.1) is 11.6 Å². The van der Waals surface area contributed by atoms with E-state index in [1.807, 2.05) is 0 Å². The normalized spacial score (nSPS) is 18.0. The molecule has 1 N–H and O–H groups in total. The molecule has 1 atom stereocenters. The van der Waals surface area contributed by atoms with E-state index in [0.717, 1.165) is 5.82 Å². The van der Waals surface area contributed by atoms with E-state index in [9.17, 15) is 4.57 Å². The summed E-state index contributed by atoms with van der Waals surface area (Å²) < 4.78 is 10.3. The quantitative estimate of drug-likeness (QED) is 0.467. The molecule has 0 aliphatic rings. The molecule has 1 unspecified atom stereocenters. The third-order valence-electron chi connectivity index (χ3n) is 0.457. The summed E-state index contributed by atoms with van der Waals surface area (Å²) in [5, 5.41) is 0. The van der Waals surface area contributed by atoms with Crippen LogP contribution in [0.15, 0.2) is 12.4 Å². The fraction of sp³-hybridized carbons (Fsp3) is 0.333. The molecule has 7 heavy (non-hydrogen) atoms. The number of halogens is 1. The fourth-order valence-corrected chi connectivity index (χ4v) is 0.439. The van der Waals surface area contributed by atoms with Crippen molar-refractivity contribution in [3.8, 4) is 0 Å². The van der Waals surface area contributed by atoms with Gasteiger partial charge in [0.25, 0.3) is 0 Å². The van der Waals surface area contributed by atoms with Gasteiger partial charge < -0.3 is 4.89 Å². The lowest BCUT2D eigenvalue weighted by molar-refractivity contribution is 0.494. The number of alkyl halides is 1. The summed E-state index contributed by atoms with van der Waals surface area (Å²) in [5.41, 5.74) is -0.240. The van der Waals surface area contributed by atoms with Crippen LogP contribution in [-0.2, 0) is 4.57 Å². The van der Waals surface area contributed by atoms with Gasteiger partial charge in [-0.25, -0.2) is 0 Å². The standard InChI is InChI=1S/C3H6ClO2P/c1-2-7(5,6)3-4/h2H,1,3H2,(H,5,6). The fourth-order valence-electron chi connectivity index (χ4n) is 0.0488. The molecule has 0 saturated carbocycles. The number of rotatable bonds is 2. The molecule has 2 nitrogen and oxygen atoms in total. The monoisotopic (exact) mass is 140 g/mol. The Balaban J connectivity index is 3.85. The molecule has 0 aromatic heterocycles. The Morgan fingerprint density at radius 2 is 2.43 bits per heavy atom. The molecule has 0 aromatic rings. The highest BCUT2D eigenvalue weighted by atomic mass is 35.5. The van der Waals surface area contributed by atoms with Gasteiger partial charge in [-0.2, -0.15) is 0 Å². The molecular formula is C3H6ClO2P. The van der Waals surface area contributed by atoms with Crippen molar-refractivity contribution >= 4 is 19.0 Å². The van der Waals surface area contributed by atoms with Gasteiger partial charge in [0.1, 0.15) is 5.62 Å². The van der Waals surface area contributed by atoms with E-state index in [1.54, 1.807) is 0 Å². The van der Waals surface area contributed by atoms with Gasteiger partial charge in [0.05, 0.1) is 0 Å². The lowest BCUT2D eigenvalue weighted by Gasteiger charge is -1.95. The van der Waals surface area contributed by atoms with Gasteiger partial charge in [0.2, 0.25) is 7.37 Å². The largest absolute Gasteiger partial charge is 0.341 e. The maximum atomic E-state index is 10.3. The molecule has 0 aliphatic carbocycles. The first-order valence-corrected chi connectivity index (χ1v) is 4.08. The third-order valence-corrected chi connectivity index (χ3v) is 2.40. The predicted octanol–water partition coefficient (Wildman–Crippen LogP) is 1.60. The Kier molecular flexibility index (Phi) is 2.59. The van der Waals surface area contributed by atoms with Gasteiger partial charge in [-0.05, 0) is 5.82 Å². The van der Waals surface area contributed by atoms with E-state index in [-0.39, 0.29) is 5.62 Å². The van der Waals surface area contributed by atoms with Crippen LogP contribution in [0.4, 0.5) is 0 Å². The molecule has 0 spiro atoms. The van der Waals surface area contributed by atoms with Crippen molar-refractivity contribution in [1.82, 2.24) is 0 Å². The van der Waals surface area contributed by atoms with Crippen LogP contribution in [0.5, 0.6) is 0 Å². The summed E-state index contributed by atoms with van der Waals surface area (Å²) in [5.74, 6) is 0.972. The van der Waals surface area contributed by atoms with Gasteiger partial charge in [0.15, 0.2) is 0 Å². The zero-order valence-corrected chi connectivity index (χ0v) is 5.32. The van der Waals surface area contributed by atoms with Crippen LogP contribution >= 0.6 is 19.0 Å². The Morgan fingerprint density at radius 3 is 2.43 bits per heavy atom. The van der Waals surface area contributed by atoms with Crippen LogP contribution in [0.1, 0.15) is 0 Å². The van der Waals surface area contributed by atoms with E-state index < -0.39 is 7.37 Å². The topological polar surface area (TPSA) is 37.3 Å². The maximum Gasteiger partial charge on any atom is 0.236 e. The predicted molar refractivity (Wildman–Crippen MR) is 30.7 cm³/mol. The summed E-state index contributed by atoms with van der Waals surface area (Å²) in [7, 11) is -3.12. The van der Waals surface area contributed by atoms with Gasteiger partial charge >= 0.3 is 0 Å². The molecule has 42 valence electrons. The molecule has 0 amide bonds. The first-order chi connectivity index (χ1) is 3.12. The first kappa shape index (κ1) is 7.22. The lowest BCUT2D eigenvalue weighted by atomic mass is 11.3. The second kappa shape index (κ2) is 2.51. The van der Waals surface area contributed by atoms with E-state index in [1.165, 1.54) is 0 Å². The van der Waals surface area contributed by atoms with E-state index >= 15 is 0 Å². The average Bonchev–Trinajstić information content (AvgIpc) is 1.68. The van der Waals surface area contributed by atoms with Crippen LogP contribution in [0.3, 0.4) is 0 Å². The maximum absolute atomic E-state index is 10.3. The second-order valence-corrected chi connectivity index (χ2v) is 3.89. The smallest absolute Gasteiger partial charge is 0.236 e. The molecule has 0 radical (unpaired) electrons. The van der Waals surface area contributed by atoms with Crippen LogP contribution < -0.4 is 0 Å². The van der Waals surface area contributed by atoms with Crippen molar-refractivity contribution in [2.75, 3.05) is 5.62 Å². The summed E-state index contributed by atoms with van der Waals surface area (Å²) in [6, 6.07) is 0. The van der Waals surface area contributed by atoms with Gasteiger partial charge in [0, 0.05) is 0 Å². The van der Waals surface area contributed by atoms with Crippen molar-refractivity contribution < 1.29 is 9.46 Å². The SMILES string of the molecule is C=CP(=O)(O)CCl.